The molecule has 2 amide bonds. The van der Waals surface area contributed by atoms with Crippen LogP contribution in [0.1, 0.15) is 11.1 Å². The molecule has 30 heavy (non-hydrogen) atoms. The Morgan fingerprint density at radius 1 is 1.07 bits per heavy atom. The molecule has 0 saturated carbocycles. The Labute approximate surface area is 177 Å². The number of amides is 2. The summed E-state index contributed by atoms with van der Waals surface area (Å²) >= 11 is 0. The number of likely N-dealkylation sites (N-methyl/N-ethyl adjacent to an activating group) is 1. The summed E-state index contributed by atoms with van der Waals surface area (Å²) in [5.41, 5.74) is 4.07. The maximum Gasteiger partial charge on any atom is 0.260 e. The Balaban J connectivity index is 1.45. The molecule has 0 unspecified atom stereocenters. The van der Waals surface area contributed by atoms with Crippen LogP contribution in [0.4, 0.5) is 11.4 Å². The summed E-state index contributed by atoms with van der Waals surface area (Å²) in [6.07, 6.45) is 0. The van der Waals surface area contributed by atoms with E-state index in [0.717, 1.165) is 37.6 Å². The molecule has 1 N–H and O–H groups in total. The molecule has 1 saturated heterocycles. The Morgan fingerprint density at radius 3 is 2.43 bits per heavy atom. The van der Waals surface area contributed by atoms with Gasteiger partial charge in [-0.2, -0.15) is 0 Å². The summed E-state index contributed by atoms with van der Waals surface area (Å²) in [6, 6.07) is 13.4. The fourth-order valence-electron chi connectivity index (χ4n) is 3.14. The van der Waals surface area contributed by atoms with E-state index in [1.54, 1.807) is 7.05 Å². The molecular weight excluding hydrogens is 382 g/mol. The fourth-order valence-corrected chi connectivity index (χ4v) is 3.14. The minimum atomic E-state index is -0.258. The van der Waals surface area contributed by atoms with Crippen LogP contribution in [-0.2, 0) is 14.3 Å². The van der Waals surface area contributed by atoms with Gasteiger partial charge in [0.1, 0.15) is 5.75 Å². The average molecular weight is 412 g/mol. The van der Waals surface area contributed by atoms with Crippen LogP contribution in [0.15, 0.2) is 42.5 Å². The Hall–Kier alpha value is -3.06. The van der Waals surface area contributed by atoms with E-state index in [1.165, 1.54) is 10.5 Å². The molecule has 1 fully saturated rings. The van der Waals surface area contributed by atoms with Crippen molar-refractivity contribution in [3.05, 3.63) is 53.6 Å². The minimum Gasteiger partial charge on any atom is -0.484 e. The topological polar surface area (TPSA) is 71.1 Å². The maximum absolute atomic E-state index is 12.3. The van der Waals surface area contributed by atoms with E-state index in [9.17, 15) is 9.59 Å². The number of hydrogen-bond donors (Lipinski definition) is 1. The summed E-state index contributed by atoms with van der Waals surface area (Å²) in [6.45, 7) is 7.05. The molecular formula is C23H29N3O4. The molecule has 0 atom stereocenters. The number of ether oxygens (including phenoxy) is 2. The highest BCUT2D eigenvalue weighted by Gasteiger charge is 2.15. The predicted molar refractivity (Wildman–Crippen MR) is 117 cm³/mol. The summed E-state index contributed by atoms with van der Waals surface area (Å²) in [5.74, 6) is 0.131. The Morgan fingerprint density at radius 2 is 1.77 bits per heavy atom. The number of carbonyl (C=O) groups is 2. The molecule has 1 aliphatic heterocycles. The second kappa shape index (κ2) is 10.1. The van der Waals surface area contributed by atoms with Crippen molar-refractivity contribution in [2.24, 2.45) is 0 Å². The van der Waals surface area contributed by atoms with E-state index >= 15 is 0 Å². The largest absolute Gasteiger partial charge is 0.484 e. The van der Waals surface area contributed by atoms with Crippen molar-refractivity contribution < 1.29 is 19.1 Å². The molecule has 0 radical (unpaired) electrons. The molecule has 0 aliphatic carbocycles. The van der Waals surface area contributed by atoms with Crippen molar-refractivity contribution in [3.8, 4) is 5.75 Å². The van der Waals surface area contributed by atoms with Crippen molar-refractivity contribution in [3.63, 3.8) is 0 Å². The number of carbonyl (C=O) groups excluding carboxylic acids is 2. The van der Waals surface area contributed by atoms with E-state index in [0.29, 0.717) is 11.4 Å². The maximum atomic E-state index is 12.3. The smallest absolute Gasteiger partial charge is 0.260 e. The van der Waals surface area contributed by atoms with Crippen LogP contribution in [0.2, 0.25) is 0 Å². The van der Waals surface area contributed by atoms with Gasteiger partial charge in [-0.25, -0.2) is 0 Å². The molecule has 3 rings (SSSR count). The normalized spacial score (nSPS) is 13.6. The zero-order valence-corrected chi connectivity index (χ0v) is 17.8. The molecule has 0 aromatic heterocycles. The van der Waals surface area contributed by atoms with Gasteiger partial charge in [-0.3, -0.25) is 9.59 Å². The third kappa shape index (κ3) is 5.97. The van der Waals surface area contributed by atoms with Gasteiger partial charge in [-0.1, -0.05) is 6.07 Å². The van der Waals surface area contributed by atoms with E-state index in [4.69, 9.17) is 9.47 Å². The third-order valence-electron chi connectivity index (χ3n) is 5.17. The number of nitrogens with one attached hydrogen (secondary N) is 1. The van der Waals surface area contributed by atoms with Gasteiger partial charge in [0, 0.05) is 31.5 Å². The lowest BCUT2D eigenvalue weighted by molar-refractivity contribution is -0.135. The summed E-state index contributed by atoms with van der Waals surface area (Å²) < 4.78 is 10.9. The second-order valence-electron chi connectivity index (χ2n) is 7.48. The number of benzene rings is 2. The van der Waals surface area contributed by atoms with Gasteiger partial charge in [0.05, 0.1) is 19.8 Å². The lowest BCUT2D eigenvalue weighted by Crippen LogP contribution is -2.37. The number of nitrogens with zero attached hydrogens (tertiary/aromatic N) is 2. The first-order chi connectivity index (χ1) is 14.4. The van der Waals surface area contributed by atoms with Crippen LogP contribution in [0.3, 0.4) is 0 Å². The van der Waals surface area contributed by atoms with Gasteiger partial charge < -0.3 is 24.6 Å². The zero-order valence-electron chi connectivity index (χ0n) is 17.8. The predicted octanol–water partition coefficient (Wildman–Crippen LogP) is 2.62. The molecule has 0 bridgehead atoms. The first-order valence-corrected chi connectivity index (χ1v) is 10.1. The number of rotatable bonds is 7. The number of hydrogen-bond acceptors (Lipinski definition) is 5. The first-order valence-electron chi connectivity index (χ1n) is 10.1. The van der Waals surface area contributed by atoms with Crippen molar-refractivity contribution in [1.82, 2.24) is 4.90 Å². The average Bonchev–Trinajstić information content (AvgIpc) is 2.75. The van der Waals surface area contributed by atoms with E-state index in [2.05, 4.69) is 10.2 Å². The third-order valence-corrected chi connectivity index (χ3v) is 5.17. The van der Waals surface area contributed by atoms with Crippen molar-refractivity contribution in [1.29, 1.82) is 0 Å². The van der Waals surface area contributed by atoms with Gasteiger partial charge in [-0.05, 0) is 61.4 Å². The molecule has 160 valence electrons. The lowest BCUT2D eigenvalue weighted by atomic mass is 10.1. The highest BCUT2D eigenvalue weighted by atomic mass is 16.5. The van der Waals surface area contributed by atoms with Gasteiger partial charge in [0.15, 0.2) is 6.61 Å². The lowest BCUT2D eigenvalue weighted by Gasteiger charge is -2.28. The Kier molecular flexibility index (Phi) is 7.30. The van der Waals surface area contributed by atoms with Crippen LogP contribution in [0, 0.1) is 13.8 Å². The standard InChI is InChI=1S/C23H29N3O4/c1-17-4-9-21(14-18(17)2)30-16-23(28)25(3)15-22(27)24-19-5-7-20(8-6-19)26-10-12-29-13-11-26/h4-9,14H,10-13,15-16H2,1-3H3,(H,24,27). The van der Waals surface area contributed by atoms with Crippen LogP contribution < -0.4 is 15.0 Å². The molecule has 2 aromatic carbocycles. The van der Waals surface area contributed by atoms with Crippen molar-refractivity contribution >= 4 is 23.2 Å². The van der Waals surface area contributed by atoms with E-state index in [1.807, 2.05) is 56.3 Å². The molecule has 2 aromatic rings. The Bertz CT molecular complexity index is 877. The first kappa shape index (κ1) is 21.6. The SMILES string of the molecule is Cc1ccc(OCC(=O)N(C)CC(=O)Nc2ccc(N3CCOCC3)cc2)cc1C. The molecule has 1 heterocycles. The van der Waals surface area contributed by atoms with Gasteiger partial charge >= 0.3 is 0 Å². The van der Waals surface area contributed by atoms with E-state index < -0.39 is 0 Å². The second-order valence-corrected chi connectivity index (χ2v) is 7.48. The van der Waals surface area contributed by atoms with Crippen LogP contribution in [0.5, 0.6) is 5.75 Å². The fraction of sp³-hybridized carbons (Fsp3) is 0.391. The van der Waals surface area contributed by atoms with Crippen LogP contribution in [-0.4, -0.2) is 63.2 Å². The monoisotopic (exact) mass is 411 g/mol. The minimum absolute atomic E-state index is 0.0413. The van der Waals surface area contributed by atoms with Gasteiger partial charge in [-0.15, -0.1) is 0 Å². The van der Waals surface area contributed by atoms with E-state index in [-0.39, 0.29) is 25.0 Å². The van der Waals surface area contributed by atoms with Crippen LogP contribution >= 0.6 is 0 Å². The highest BCUT2D eigenvalue weighted by Crippen LogP contribution is 2.19. The zero-order chi connectivity index (χ0) is 21.5. The number of morpholine rings is 1. The molecule has 0 spiro atoms. The quantitative estimate of drug-likeness (QED) is 0.758. The van der Waals surface area contributed by atoms with Gasteiger partial charge in [0.2, 0.25) is 5.91 Å². The number of aryl methyl sites for hydroxylation is 2. The summed E-state index contributed by atoms with van der Waals surface area (Å²) in [4.78, 5) is 28.2. The van der Waals surface area contributed by atoms with Gasteiger partial charge in [0.25, 0.3) is 5.91 Å². The van der Waals surface area contributed by atoms with Crippen molar-refractivity contribution in [2.45, 2.75) is 13.8 Å². The van der Waals surface area contributed by atoms with Crippen molar-refractivity contribution in [2.75, 3.05) is 56.7 Å². The molecule has 1 aliphatic rings. The number of anilines is 2. The highest BCUT2D eigenvalue weighted by molar-refractivity contribution is 5.94. The summed E-state index contributed by atoms with van der Waals surface area (Å²) in [7, 11) is 1.59. The molecule has 7 nitrogen and oxygen atoms in total. The summed E-state index contributed by atoms with van der Waals surface area (Å²) in [5, 5.41) is 2.83. The van der Waals surface area contributed by atoms with Crippen LogP contribution in [0.25, 0.3) is 0 Å². The molecule has 7 heteroatoms.